The summed E-state index contributed by atoms with van der Waals surface area (Å²) in [6.45, 7) is 7.10. The number of nitrogens with zero attached hydrogens (tertiary/aromatic N) is 4. The molecule has 0 bridgehead atoms. The van der Waals surface area contributed by atoms with Crippen LogP contribution in [0.15, 0.2) is 42.7 Å². The van der Waals surface area contributed by atoms with E-state index in [9.17, 15) is 4.79 Å². The highest BCUT2D eigenvalue weighted by molar-refractivity contribution is 6.04. The minimum atomic E-state index is -0.388. The van der Waals surface area contributed by atoms with Gasteiger partial charge in [0.1, 0.15) is 11.8 Å². The van der Waals surface area contributed by atoms with Gasteiger partial charge in [-0.3, -0.25) is 9.55 Å². The Morgan fingerprint density at radius 1 is 1.19 bits per heavy atom. The van der Waals surface area contributed by atoms with Gasteiger partial charge < -0.3 is 14.4 Å². The number of morpholine rings is 1. The SMILES string of the molecule is CCc1nc2ccccc2c(-n2cnc3c(C(=O)OC)cc(N4CCOCC4)cc32)c1C. The van der Waals surface area contributed by atoms with Crippen LogP contribution in [0.1, 0.15) is 28.5 Å². The Hall–Kier alpha value is -3.45. The number of hydrogen-bond acceptors (Lipinski definition) is 6. The summed E-state index contributed by atoms with van der Waals surface area (Å²) in [5.74, 6) is -0.388. The van der Waals surface area contributed by atoms with E-state index in [1.54, 1.807) is 6.33 Å². The number of benzene rings is 2. The fourth-order valence-corrected chi connectivity index (χ4v) is 4.54. The van der Waals surface area contributed by atoms with E-state index >= 15 is 0 Å². The molecule has 0 radical (unpaired) electrons. The van der Waals surface area contributed by atoms with Crippen LogP contribution in [0.5, 0.6) is 0 Å². The van der Waals surface area contributed by atoms with Crippen LogP contribution in [0.2, 0.25) is 0 Å². The lowest BCUT2D eigenvalue weighted by atomic mass is 10.0. The van der Waals surface area contributed by atoms with E-state index < -0.39 is 0 Å². The molecule has 32 heavy (non-hydrogen) atoms. The molecule has 0 spiro atoms. The topological polar surface area (TPSA) is 69.5 Å². The van der Waals surface area contributed by atoms with Crippen molar-refractivity contribution < 1.29 is 14.3 Å². The summed E-state index contributed by atoms with van der Waals surface area (Å²) >= 11 is 0. The van der Waals surface area contributed by atoms with Crippen LogP contribution in [0, 0.1) is 6.92 Å². The zero-order valence-corrected chi connectivity index (χ0v) is 18.6. The number of carbonyl (C=O) groups excluding carboxylic acids is 1. The largest absolute Gasteiger partial charge is 0.465 e. The first kappa shape index (κ1) is 20.5. The average Bonchev–Trinajstić information content (AvgIpc) is 3.26. The number of anilines is 1. The van der Waals surface area contributed by atoms with E-state index in [2.05, 4.69) is 40.4 Å². The van der Waals surface area contributed by atoms with E-state index in [0.717, 1.165) is 58.6 Å². The molecule has 164 valence electrons. The third-order valence-electron chi connectivity index (χ3n) is 6.20. The van der Waals surface area contributed by atoms with E-state index in [4.69, 9.17) is 14.5 Å². The van der Waals surface area contributed by atoms with Gasteiger partial charge in [-0.2, -0.15) is 0 Å². The second-order valence-corrected chi connectivity index (χ2v) is 7.97. The first-order valence-corrected chi connectivity index (χ1v) is 10.9. The Morgan fingerprint density at radius 3 is 2.72 bits per heavy atom. The van der Waals surface area contributed by atoms with Crippen molar-refractivity contribution in [2.75, 3.05) is 38.3 Å². The van der Waals surface area contributed by atoms with Gasteiger partial charge in [-0.15, -0.1) is 0 Å². The minimum Gasteiger partial charge on any atom is -0.465 e. The van der Waals surface area contributed by atoms with Crippen molar-refractivity contribution in [1.29, 1.82) is 0 Å². The van der Waals surface area contributed by atoms with Crippen molar-refractivity contribution in [1.82, 2.24) is 14.5 Å². The first-order valence-electron chi connectivity index (χ1n) is 10.9. The molecule has 0 aliphatic carbocycles. The van der Waals surface area contributed by atoms with E-state index in [0.29, 0.717) is 24.3 Å². The van der Waals surface area contributed by atoms with Crippen LogP contribution >= 0.6 is 0 Å². The standard InChI is InChI=1S/C25H26N4O3/c1-4-20-16(2)24(18-7-5-6-8-21(18)27-20)29-15-26-23-19(25(30)31-3)13-17(14-22(23)29)28-9-11-32-12-10-28/h5-8,13-15H,4,9-12H2,1-3H3. The number of ether oxygens (including phenoxy) is 2. The molecule has 0 atom stereocenters. The van der Waals surface area contributed by atoms with Gasteiger partial charge in [0.2, 0.25) is 0 Å². The van der Waals surface area contributed by atoms with Gasteiger partial charge in [-0.25, -0.2) is 9.78 Å². The zero-order valence-electron chi connectivity index (χ0n) is 18.6. The maximum atomic E-state index is 12.7. The number of aryl methyl sites for hydroxylation is 1. The number of para-hydroxylation sites is 1. The summed E-state index contributed by atoms with van der Waals surface area (Å²) in [4.78, 5) is 24.4. The molecular weight excluding hydrogens is 404 g/mol. The summed E-state index contributed by atoms with van der Waals surface area (Å²) < 4.78 is 12.7. The van der Waals surface area contributed by atoms with E-state index in [1.165, 1.54) is 7.11 Å². The van der Waals surface area contributed by atoms with Crippen LogP contribution in [0.4, 0.5) is 5.69 Å². The minimum absolute atomic E-state index is 0.388. The van der Waals surface area contributed by atoms with Gasteiger partial charge in [-0.05, 0) is 37.1 Å². The maximum absolute atomic E-state index is 12.7. The normalized spacial score (nSPS) is 14.3. The smallest absolute Gasteiger partial charge is 0.340 e. The second-order valence-electron chi connectivity index (χ2n) is 7.97. The molecule has 0 N–H and O–H groups in total. The molecule has 3 heterocycles. The number of methoxy groups -OCH3 is 1. The molecule has 0 saturated carbocycles. The predicted octanol–water partition coefficient (Wildman–Crippen LogP) is 4.07. The van der Waals surface area contributed by atoms with Crippen molar-refractivity contribution in [3.8, 4) is 5.69 Å². The Balaban J connectivity index is 1.81. The van der Waals surface area contributed by atoms with Crippen molar-refractivity contribution in [2.24, 2.45) is 0 Å². The molecule has 2 aromatic heterocycles. The summed E-state index contributed by atoms with van der Waals surface area (Å²) in [6, 6.07) is 12.1. The molecule has 4 aromatic rings. The third kappa shape index (κ3) is 3.29. The maximum Gasteiger partial charge on any atom is 0.340 e. The molecule has 0 unspecified atom stereocenters. The Labute approximate surface area is 186 Å². The van der Waals surface area contributed by atoms with Crippen molar-refractivity contribution >= 4 is 33.6 Å². The molecule has 0 amide bonds. The van der Waals surface area contributed by atoms with Gasteiger partial charge in [0.25, 0.3) is 0 Å². The number of esters is 1. The van der Waals surface area contributed by atoms with Crippen molar-refractivity contribution in [3.63, 3.8) is 0 Å². The highest BCUT2D eigenvalue weighted by Gasteiger charge is 2.22. The molecule has 1 saturated heterocycles. The van der Waals surface area contributed by atoms with Gasteiger partial charge in [0.15, 0.2) is 0 Å². The fraction of sp³-hybridized carbons (Fsp3) is 0.320. The van der Waals surface area contributed by atoms with Gasteiger partial charge in [-0.1, -0.05) is 25.1 Å². The summed E-state index contributed by atoms with van der Waals surface area (Å²) in [7, 11) is 1.40. The van der Waals surface area contributed by atoms with Crippen molar-refractivity contribution in [2.45, 2.75) is 20.3 Å². The van der Waals surface area contributed by atoms with Gasteiger partial charge >= 0.3 is 5.97 Å². The molecule has 1 aliphatic heterocycles. The summed E-state index contributed by atoms with van der Waals surface area (Å²) in [5, 5.41) is 1.05. The third-order valence-corrected chi connectivity index (χ3v) is 6.20. The summed E-state index contributed by atoms with van der Waals surface area (Å²) in [5.41, 5.74) is 7.10. The van der Waals surface area contributed by atoms with Crippen molar-refractivity contribution in [3.05, 3.63) is 59.5 Å². The lowest BCUT2D eigenvalue weighted by molar-refractivity contribution is 0.0603. The quantitative estimate of drug-likeness (QED) is 0.455. The second kappa shape index (κ2) is 8.24. The van der Waals surface area contributed by atoms with Crippen LogP contribution in [-0.4, -0.2) is 53.9 Å². The predicted molar refractivity (Wildman–Crippen MR) is 125 cm³/mol. The molecule has 7 nitrogen and oxygen atoms in total. The Bertz CT molecular complexity index is 1320. The molecular formula is C25H26N4O3. The average molecular weight is 431 g/mol. The number of rotatable bonds is 4. The first-order chi connectivity index (χ1) is 15.6. The van der Waals surface area contributed by atoms with Crippen LogP contribution < -0.4 is 4.90 Å². The Morgan fingerprint density at radius 2 is 1.97 bits per heavy atom. The molecule has 1 aliphatic rings. The molecule has 2 aromatic carbocycles. The lowest BCUT2D eigenvalue weighted by Crippen LogP contribution is -2.36. The summed E-state index contributed by atoms with van der Waals surface area (Å²) in [6.07, 6.45) is 2.64. The highest BCUT2D eigenvalue weighted by Crippen LogP contribution is 2.33. The van der Waals surface area contributed by atoms with Crippen LogP contribution in [0.25, 0.3) is 27.6 Å². The highest BCUT2D eigenvalue weighted by atomic mass is 16.5. The zero-order chi connectivity index (χ0) is 22.2. The number of aromatic nitrogens is 3. The number of carbonyl (C=O) groups is 1. The molecule has 1 fully saturated rings. The Kier molecular flexibility index (Phi) is 5.27. The van der Waals surface area contributed by atoms with Gasteiger partial charge in [0.05, 0.1) is 42.6 Å². The van der Waals surface area contributed by atoms with Crippen LogP contribution in [-0.2, 0) is 15.9 Å². The van der Waals surface area contributed by atoms with Gasteiger partial charge in [0, 0.05) is 29.9 Å². The number of imidazole rings is 1. The van der Waals surface area contributed by atoms with E-state index in [1.807, 2.05) is 24.3 Å². The molecule has 7 heteroatoms. The number of hydrogen-bond donors (Lipinski definition) is 0. The molecule has 5 rings (SSSR count). The number of fused-ring (bicyclic) bond motifs is 2. The number of pyridine rings is 1. The lowest BCUT2D eigenvalue weighted by Gasteiger charge is -2.29. The van der Waals surface area contributed by atoms with E-state index in [-0.39, 0.29) is 5.97 Å². The fourth-order valence-electron chi connectivity index (χ4n) is 4.54. The monoisotopic (exact) mass is 430 g/mol. The van der Waals surface area contributed by atoms with Crippen LogP contribution in [0.3, 0.4) is 0 Å².